The van der Waals surface area contributed by atoms with Crippen molar-refractivity contribution >= 4 is 5.84 Å². The molecule has 0 saturated carbocycles. The summed E-state index contributed by atoms with van der Waals surface area (Å²) in [6, 6.07) is 9.87. The van der Waals surface area contributed by atoms with Crippen LogP contribution in [0.25, 0.3) is 0 Å². The molecular formula is C14H12F2N2O. The third kappa shape index (κ3) is 3.51. The van der Waals surface area contributed by atoms with Crippen molar-refractivity contribution in [3.8, 4) is 5.75 Å². The number of halogens is 2. The molecule has 0 amide bonds. The zero-order chi connectivity index (χ0) is 13.8. The summed E-state index contributed by atoms with van der Waals surface area (Å²) in [5, 5.41) is 7.31. The number of nitrogen functional groups attached to an aromatic ring is 1. The molecule has 0 unspecified atom stereocenters. The van der Waals surface area contributed by atoms with E-state index in [0.717, 1.165) is 6.07 Å². The molecule has 0 spiro atoms. The average molecular weight is 262 g/mol. The van der Waals surface area contributed by atoms with Gasteiger partial charge in [-0.2, -0.15) is 0 Å². The normalized spacial score (nSPS) is 10.2. The van der Waals surface area contributed by atoms with Crippen molar-refractivity contribution in [3.63, 3.8) is 0 Å². The summed E-state index contributed by atoms with van der Waals surface area (Å²) >= 11 is 0. The van der Waals surface area contributed by atoms with Crippen LogP contribution in [0.15, 0.2) is 42.5 Å². The van der Waals surface area contributed by atoms with Gasteiger partial charge in [-0.1, -0.05) is 12.1 Å². The maximum absolute atomic E-state index is 13.0. The van der Waals surface area contributed by atoms with Gasteiger partial charge in [-0.05, 0) is 29.8 Å². The lowest BCUT2D eigenvalue weighted by molar-refractivity contribution is 0.304. The van der Waals surface area contributed by atoms with Crippen molar-refractivity contribution in [2.45, 2.75) is 6.61 Å². The largest absolute Gasteiger partial charge is 0.489 e. The Morgan fingerprint density at radius 3 is 2.42 bits per heavy atom. The van der Waals surface area contributed by atoms with Gasteiger partial charge in [-0.25, -0.2) is 8.78 Å². The van der Waals surface area contributed by atoms with Gasteiger partial charge in [0.25, 0.3) is 0 Å². The number of benzene rings is 2. The van der Waals surface area contributed by atoms with Gasteiger partial charge in [0, 0.05) is 11.6 Å². The monoisotopic (exact) mass is 262 g/mol. The molecule has 0 bridgehead atoms. The predicted molar refractivity (Wildman–Crippen MR) is 68.1 cm³/mol. The van der Waals surface area contributed by atoms with E-state index in [0.29, 0.717) is 16.9 Å². The van der Waals surface area contributed by atoms with Crippen LogP contribution < -0.4 is 10.5 Å². The summed E-state index contributed by atoms with van der Waals surface area (Å²) in [7, 11) is 0. The van der Waals surface area contributed by atoms with E-state index >= 15 is 0 Å². The number of nitrogens with two attached hydrogens (primary N) is 1. The average Bonchev–Trinajstić information content (AvgIpc) is 2.35. The molecule has 3 N–H and O–H groups in total. The van der Waals surface area contributed by atoms with E-state index < -0.39 is 11.6 Å². The van der Waals surface area contributed by atoms with E-state index in [-0.39, 0.29) is 12.4 Å². The minimum Gasteiger partial charge on any atom is -0.489 e. The molecule has 2 aromatic carbocycles. The summed E-state index contributed by atoms with van der Waals surface area (Å²) in [5.74, 6) is -0.869. The first-order valence-corrected chi connectivity index (χ1v) is 5.57. The molecule has 0 aliphatic carbocycles. The van der Waals surface area contributed by atoms with Crippen molar-refractivity contribution in [2.24, 2.45) is 5.73 Å². The Bertz CT molecular complexity index is 594. The molecule has 5 heteroatoms. The summed E-state index contributed by atoms with van der Waals surface area (Å²) in [4.78, 5) is 0. The summed E-state index contributed by atoms with van der Waals surface area (Å²) in [6.45, 7) is 0.0377. The molecule has 2 aromatic rings. The van der Waals surface area contributed by atoms with Crippen molar-refractivity contribution in [2.75, 3.05) is 0 Å². The van der Waals surface area contributed by atoms with Gasteiger partial charge in [-0.3, -0.25) is 5.41 Å². The van der Waals surface area contributed by atoms with E-state index in [2.05, 4.69) is 0 Å². The SMILES string of the molecule is N=C(N)c1cccc(OCc2cc(F)cc(F)c2)c1. The highest BCUT2D eigenvalue weighted by atomic mass is 19.1. The second-order valence-corrected chi connectivity index (χ2v) is 4.01. The molecule has 0 saturated heterocycles. The van der Waals surface area contributed by atoms with Gasteiger partial charge in [0.15, 0.2) is 0 Å². The zero-order valence-corrected chi connectivity index (χ0v) is 9.99. The van der Waals surface area contributed by atoms with Crippen LogP contribution in [-0.2, 0) is 6.61 Å². The Balaban J connectivity index is 2.10. The van der Waals surface area contributed by atoms with E-state index in [1.165, 1.54) is 12.1 Å². The van der Waals surface area contributed by atoms with E-state index in [1.54, 1.807) is 24.3 Å². The van der Waals surface area contributed by atoms with Crippen molar-refractivity contribution in [1.82, 2.24) is 0 Å². The molecule has 0 aromatic heterocycles. The maximum Gasteiger partial charge on any atom is 0.126 e. The van der Waals surface area contributed by atoms with Crippen LogP contribution in [0.3, 0.4) is 0 Å². The van der Waals surface area contributed by atoms with Crippen molar-refractivity contribution in [1.29, 1.82) is 5.41 Å². The Morgan fingerprint density at radius 2 is 1.79 bits per heavy atom. The number of rotatable bonds is 4. The fourth-order valence-corrected chi connectivity index (χ4v) is 1.61. The molecule has 98 valence electrons. The molecule has 0 atom stereocenters. The lowest BCUT2D eigenvalue weighted by Gasteiger charge is -2.08. The van der Waals surface area contributed by atoms with Gasteiger partial charge < -0.3 is 10.5 Å². The van der Waals surface area contributed by atoms with Crippen LogP contribution in [0.2, 0.25) is 0 Å². The quantitative estimate of drug-likeness (QED) is 0.657. The molecule has 0 aliphatic heterocycles. The molecule has 0 heterocycles. The van der Waals surface area contributed by atoms with Gasteiger partial charge in [0.2, 0.25) is 0 Å². The standard InChI is InChI=1S/C14H12F2N2O/c15-11-4-9(5-12(16)7-11)8-19-13-3-1-2-10(6-13)14(17)18/h1-7H,8H2,(H3,17,18). The fraction of sp³-hybridized carbons (Fsp3) is 0.0714. The lowest BCUT2D eigenvalue weighted by atomic mass is 10.2. The van der Waals surface area contributed by atoms with Crippen LogP contribution in [0, 0.1) is 17.0 Å². The summed E-state index contributed by atoms with van der Waals surface area (Å²) < 4.78 is 31.4. The number of hydrogen-bond acceptors (Lipinski definition) is 2. The van der Waals surface area contributed by atoms with Crippen LogP contribution in [0.1, 0.15) is 11.1 Å². The smallest absolute Gasteiger partial charge is 0.126 e. The van der Waals surface area contributed by atoms with Gasteiger partial charge in [0.1, 0.15) is 29.8 Å². The van der Waals surface area contributed by atoms with Gasteiger partial charge in [-0.15, -0.1) is 0 Å². The Labute approximate surface area is 109 Å². The van der Waals surface area contributed by atoms with Gasteiger partial charge >= 0.3 is 0 Å². The number of nitrogens with one attached hydrogen (secondary N) is 1. The van der Waals surface area contributed by atoms with Crippen LogP contribution in [0.5, 0.6) is 5.75 Å². The molecule has 0 aliphatic rings. The second-order valence-electron chi connectivity index (χ2n) is 4.01. The van der Waals surface area contributed by atoms with E-state index in [4.69, 9.17) is 15.9 Å². The molecular weight excluding hydrogens is 250 g/mol. The van der Waals surface area contributed by atoms with Crippen molar-refractivity contribution in [3.05, 3.63) is 65.2 Å². The van der Waals surface area contributed by atoms with Crippen LogP contribution in [-0.4, -0.2) is 5.84 Å². The Kier molecular flexibility index (Phi) is 3.75. The fourth-order valence-electron chi connectivity index (χ4n) is 1.61. The lowest BCUT2D eigenvalue weighted by Crippen LogP contribution is -2.10. The molecule has 19 heavy (non-hydrogen) atoms. The number of hydrogen-bond donors (Lipinski definition) is 2. The summed E-state index contributed by atoms with van der Waals surface area (Å²) in [5.41, 5.74) is 6.28. The molecule has 2 rings (SSSR count). The number of ether oxygens (including phenoxy) is 1. The van der Waals surface area contributed by atoms with Crippen molar-refractivity contribution < 1.29 is 13.5 Å². The summed E-state index contributed by atoms with van der Waals surface area (Å²) in [6.07, 6.45) is 0. The third-order valence-corrected chi connectivity index (χ3v) is 2.47. The minimum absolute atomic E-state index is 0.0377. The molecule has 0 radical (unpaired) electrons. The molecule has 0 fully saturated rings. The Morgan fingerprint density at radius 1 is 1.11 bits per heavy atom. The van der Waals surface area contributed by atoms with E-state index in [1.807, 2.05) is 0 Å². The van der Waals surface area contributed by atoms with Gasteiger partial charge in [0.05, 0.1) is 0 Å². The first-order chi connectivity index (χ1) is 9.04. The predicted octanol–water partition coefficient (Wildman–Crippen LogP) is 2.83. The van der Waals surface area contributed by atoms with Crippen LogP contribution in [0.4, 0.5) is 8.78 Å². The molecule has 3 nitrogen and oxygen atoms in total. The zero-order valence-electron chi connectivity index (χ0n) is 9.99. The maximum atomic E-state index is 13.0. The van der Waals surface area contributed by atoms with E-state index in [9.17, 15) is 8.78 Å². The Hall–Kier alpha value is -2.43. The minimum atomic E-state index is -0.643. The first kappa shape index (κ1) is 13.0. The second kappa shape index (κ2) is 5.48. The highest BCUT2D eigenvalue weighted by Crippen LogP contribution is 2.16. The highest BCUT2D eigenvalue weighted by molar-refractivity contribution is 5.95. The van der Waals surface area contributed by atoms with Crippen LogP contribution >= 0.6 is 0 Å². The number of amidine groups is 1. The first-order valence-electron chi connectivity index (χ1n) is 5.57. The third-order valence-electron chi connectivity index (χ3n) is 2.47. The topological polar surface area (TPSA) is 59.1 Å². The highest BCUT2D eigenvalue weighted by Gasteiger charge is 2.03.